The van der Waals surface area contributed by atoms with Gasteiger partial charge in [0, 0.05) is 18.3 Å². The second kappa shape index (κ2) is 11.2. The van der Waals surface area contributed by atoms with Gasteiger partial charge in [-0.25, -0.2) is 9.59 Å². The van der Waals surface area contributed by atoms with Crippen molar-refractivity contribution in [2.24, 2.45) is 0 Å². The SMILES string of the molecule is O=C(O)C=Cc1ccc(-c2cccc(NC(=O)[C@@H]3CCCN3C(=O)OCc3ccccc3)c2)cc1. The first-order valence-corrected chi connectivity index (χ1v) is 11.4. The van der Waals surface area contributed by atoms with Gasteiger partial charge in [-0.2, -0.15) is 0 Å². The zero-order valence-corrected chi connectivity index (χ0v) is 19.1. The van der Waals surface area contributed by atoms with E-state index in [1.807, 2.05) is 72.8 Å². The van der Waals surface area contributed by atoms with Crippen molar-refractivity contribution in [3.63, 3.8) is 0 Å². The summed E-state index contributed by atoms with van der Waals surface area (Å²) in [6, 6.07) is 23.8. The average Bonchev–Trinajstić information content (AvgIpc) is 3.38. The Morgan fingerprint density at radius 1 is 0.971 bits per heavy atom. The highest BCUT2D eigenvalue weighted by Crippen LogP contribution is 2.25. The Hall–Kier alpha value is -4.39. The highest BCUT2D eigenvalue weighted by atomic mass is 16.6. The van der Waals surface area contributed by atoms with Gasteiger partial charge in [0.05, 0.1) is 0 Å². The van der Waals surface area contributed by atoms with Crippen molar-refractivity contribution in [3.8, 4) is 11.1 Å². The fourth-order valence-electron chi connectivity index (χ4n) is 4.02. The van der Waals surface area contributed by atoms with Crippen LogP contribution in [0.25, 0.3) is 17.2 Å². The predicted octanol–water partition coefficient (Wildman–Crippen LogP) is 5.19. The molecule has 35 heavy (non-hydrogen) atoms. The van der Waals surface area contributed by atoms with Crippen LogP contribution in [0.15, 0.2) is 84.9 Å². The van der Waals surface area contributed by atoms with Gasteiger partial charge in [0.15, 0.2) is 0 Å². The maximum Gasteiger partial charge on any atom is 0.410 e. The Bertz CT molecular complexity index is 1220. The number of benzene rings is 3. The highest BCUT2D eigenvalue weighted by Gasteiger charge is 2.35. The van der Waals surface area contributed by atoms with Crippen LogP contribution in [-0.4, -0.2) is 40.6 Å². The smallest absolute Gasteiger partial charge is 0.410 e. The number of amides is 2. The lowest BCUT2D eigenvalue weighted by molar-refractivity contribution is -0.131. The van der Waals surface area contributed by atoms with Crippen LogP contribution < -0.4 is 5.32 Å². The summed E-state index contributed by atoms with van der Waals surface area (Å²) in [5.74, 6) is -1.24. The third kappa shape index (κ3) is 6.35. The summed E-state index contributed by atoms with van der Waals surface area (Å²) in [6.07, 6.45) is 3.45. The van der Waals surface area contributed by atoms with E-state index in [-0.39, 0.29) is 12.5 Å². The molecule has 1 heterocycles. The Morgan fingerprint density at radius 2 is 1.74 bits per heavy atom. The molecule has 4 rings (SSSR count). The van der Waals surface area contributed by atoms with E-state index in [2.05, 4.69) is 5.32 Å². The van der Waals surface area contributed by atoms with Crippen LogP contribution in [-0.2, 0) is 20.9 Å². The number of carboxylic acid groups (broad SMARTS) is 1. The first kappa shape index (κ1) is 23.8. The summed E-state index contributed by atoms with van der Waals surface area (Å²) in [5, 5.41) is 11.7. The Balaban J connectivity index is 1.39. The van der Waals surface area contributed by atoms with Crippen LogP contribution in [0.2, 0.25) is 0 Å². The van der Waals surface area contributed by atoms with Crippen LogP contribution in [0, 0.1) is 0 Å². The number of rotatable bonds is 7. The zero-order valence-electron chi connectivity index (χ0n) is 19.1. The normalized spacial score (nSPS) is 15.2. The number of hydrogen-bond acceptors (Lipinski definition) is 4. The van der Waals surface area contributed by atoms with Crippen molar-refractivity contribution in [2.75, 3.05) is 11.9 Å². The molecule has 178 valence electrons. The van der Waals surface area contributed by atoms with Gasteiger partial charge < -0.3 is 15.2 Å². The third-order valence-corrected chi connectivity index (χ3v) is 5.79. The number of carboxylic acids is 1. The lowest BCUT2D eigenvalue weighted by atomic mass is 10.0. The zero-order chi connectivity index (χ0) is 24.6. The first-order chi connectivity index (χ1) is 17.0. The number of carbonyl (C=O) groups is 3. The number of anilines is 1. The molecule has 0 bridgehead atoms. The van der Waals surface area contributed by atoms with Crippen LogP contribution in [0.1, 0.15) is 24.0 Å². The first-order valence-electron chi connectivity index (χ1n) is 11.4. The van der Waals surface area contributed by atoms with E-state index in [4.69, 9.17) is 9.84 Å². The lowest BCUT2D eigenvalue weighted by Crippen LogP contribution is -2.43. The molecule has 0 aliphatic carbocycles. The molecule has 0 saturated carbocycles. The molecule has 2 amide bonds. The molecule has 0 spiro atoms. The number of likely N-dealkylation sites (tertiary alicyclic amines) is 1. The molecule has 1 fully saturated rings. The third-order valence-electron chi connectivity index (χ3n) is 5.79. The number of nitrogens with zero attached hydrogens (tertiary/aromatic N) is 1. The lowest BCUT2D eigenvalue weighted by Gasteiger charge is -2.23. The summed E-state index contributed by atoms with van der Waals surface area (Å²) in [6.45, 7) is 0.645. The molecule has 2 N–H and O–H groups in total. The molecule has 3 aromatic carbocycles. The van der Waals surface area contributed by atoms with Gasteiger partial charge in [-0.1, -0.05) is 66.7 Å². The quantitative estimate of drug-likeness (QED) is 0.463. The van der Waals surface area contributed by atoms with Gasteiger partial charge in [-0.15, -0.1) is 0 Å². The summed E-state index contributed by atoms with van der Waals surface area (Å²) in [7, 11) is 0. The van der Waals surface area contributed by atoms with Crippen molar-refractivity contribution >= 4 is 29.7 Å². The largest absolute Gasteiger partial charge is 0.478 e. The fourth-order valence-corrected chi connectivity index (χ4v) is 4.02. The molecular formula is C28H26N2O5. The van der Waals surface area contributed by atoms with Crippen LogP contribution in [0.3, 0.4) is 0 Å². The molecule has 0 unspecified atom stereocenters. The minimum absolute atomic E-state index is 0.164. The summed E-state index contributed by atoms with van der Waals surface area (Å²) in [4.78, 5) is 37.8. The topological polar surface area (TPSA) is 95.9 Å². The average molecular weight is 471 g/mol. The van der Waals surface area contributed by atoms with E-state index in [1.165, 1.54) is 11.0 Å². The Labute approximate surface area is 203 Å². The van der Waals surface area contributed by atoms with E-state index in [1.54, 1.807) is 6.07 Å². The summed E-state index contributed by atoms with van der Waals surface area (Å²) < 4.78 is 5.43. The number of nitrogens with one attached hydrogen (secondary N) is 1. The fraction of sp³-hybridized carbons (Fsp3) is 0.179. The predicted molar refractivity (Wildman–Crippen MR) is 134 cm³/mol. The minimum atomic E-state index is -0.997. The van der Waals surface area contributed by atoms with Crippen molar-refractivity contribution < 1.29 is 24.2 Å². The maximum absolute atomic E-state index is 13.0. The Kier molecular flexibility index (Phi) is 7.57. The highest BCUT2D eigenvalue weighted by molar-refractivity contribution is 5.97. The molecule has 7 heteroatoms. The molecule has 0 radical (unpaired) electrons. The maximum atomic E-state index is 13.0. The second-order valence-electron chi connectivity index (χ2n) is 8.26. The number of ether oxygens (including phenoxy) is 1. The van der Waals surface area contributed by atoms with Crippen molar-refractivity contribution in [1.29, 1.82) is 0 Å². The number of hydrogen-bond donors (Lipinski definition) is 2. The van der Waals surface area contributed by atoms with Gasteiger partial charge in [0.1, 0.15) is 12.6 Å². The monoisotopic (exact) mass is 470 g/mol. The molecule has 1 aliphatic rings. The molecular weight excluding hydrogens is 444 g/mol. The van der Waals surface area contributed by atoms with Gasteiger partial charge >= 0.3 is 12.1 Å². The second-order valence-corrected chi connectivity index (χ2v) is 8.26. The minimum Gasteiger partial charge on any atom is -0.478 e. The molecule has 0 aromatic heterocycles. The van der Waals surface area contributed by atoms with E-state index in [9.17, 15) is 14.4 Å². The van der Waals surface area contributed by atoms with Gasteiger partial charge in [-0.05, 0) is 53.3 Å². The summed E-state index contributed by atoms with van der Waals surface area (Å²) in [5.41, 5.74) is 4.14. The van der Waals surface area contributed by atoms with Crippen LogP contribution >= 0.6 is 0 Å². The summed E-state index contributed by atoms with van der Waals surface area (Å²) >= 11 is 0. The van der Waals surface area contributed by atoms with Gasteiger partial charge in [-0.3, -0.25) is 9.69 Å². The van der Waals surface area contributed by atoms with Crippen molar-refractivity contribution in [3.05, 3.63) is 96.1 Å². The molecule has 1 aliphatic heterocycles. The van der Waals surface area contributed by atoms with E-state index in [0.29, 0.717) is 18.7 Å². The van der Waals surface area contributed by atoms with E-state index >= 15 is 0 Å². The molecule has 1 atom stereocenters. The molecule has 3 aromatic rings. The standard InChI is InChI=1S/C28H26N2O5/c31-26(32)16-13-20-11-14-22(15-12-20)23-8-4-9-24(18-23)29-27(33)25-10-5-17-30(25)28(34)35-19-21-6-2-1-3-7-21/h1-4,6-9,11-16,18,25H,5,10,17,19H2,(H,29,33)(H,31,32)/t25-/m0/s1. The number of carbonyl (C=O) groups excluding carboxylic acids is 2. The van der Waals surface area contributed by atoms with Crippen molar-refractivity contribution in [1.82, 2.24) is 4.90 Å². The van der Waals surface area contributed by atoms with E-state index < -0.39 is 18.1 Å². The van der Waals surface area contributed by atoms with Crippen LogP contribution in [0.4, 0.5) is 10.5 Å². The molecule has 7 nitrogen and oxygen atoms in total. The van der Waals surface area contributed by atoms with Crippen LogP contribution in [0.5, 0.6) is 0 Å². The Morgan fingerprint density at radius 3 is 2.49 bits per heavy atom. The molecule has 1 saturated heterocycles. The van der Waals surface area contributed by atoms with Crippen molar-refractivity contribution in [2.45, 2.75) is 25.5 Å². The number of aliphatic carboxylic acids is 1. The van der Waals surface area contributed by atoms with E-state index in [0.717, 1.165) is 34.8 Å². The van der Waals surface area contributed by atoms with Gasteiger partial charge in [0.25, 0.3) is 0 Å². The van der Waals surface area contributed by atoms with Gasteiger partial charge in [0.2, 0.25) is 5.91 Å².